The quantitative estimate of drug-likeness (QED) is 0.675. The van der Waals surface area contributed by atoms with Gasteiger partial charge in [-0.1, -0.05) is 6.07 Å². The molecule has 4 rings (SSSR count). The van der Waals surface area contributed by atoms with Crippen LogP contribution in [0.25, 0.3) is 10.8 Å². The topological polar surface area (TPSA) is 55.4 Å². The Balaban J connectivity index is 0.00000210. The molecule has 2 heterocycles. The van der Waals surface area contributed by atoms with Gasteiger partial charge in [0.2, 0.25) is 0 Å². The van der Waals surface area contributed by atoms with Gasteiger partial charge in [-0.25, -0.2) is 4.98 Å². The molecule has 1 fully saturated rings. The Morgan fingerprint density at radius 2 is 1.85 bits per heavy atom. The Morgan fingerprint density at radius 1 is 1.00 bits per heavy atom. The third-order valence-corrected chi connectivity index (χ3v) is 4.62. The predicted molar refractivity (Wildman–Crippen MR) is 112 cm³/mol. The van der Waals surface area contributed by atoms with Crippen molar-refractivity contribution in [1.29, 1.82) is 0 Å². The molecule has 3 aromatic rings. The van der Waals surface area contributed by atoms with E-state index in [4.69, 9.17) is 9.47 Å². The molecule has 2 aromatic carbocycles. The first kappa shape index (κ1) is 19.3. The number of ether oxygens (including phenoxy) is 2. The van der Waals surface area contributed by atoms with E-state index in [2.05, 4.69) is 27.8 Å². The van der Waals surface area contributed by atoms with Gasteiger partial charge >= 0.3 is 0 Å². The van der Waals surface area contributed by atoms with Gasteiger partial charge in [0.05, 0.1) is 7.11 Å². The summed E-state index contributed by atoms with van der Waals surface area (Å²) in [5.74, 6) is 2.53. The van der Waals surface area contributed by atoms with Crippen LogP contribution in [0, 0.1) is 0 Å². The van der Waals surface area contributed by atoms with Gasteiger partial charge in [0, 0.05) is 23.3 Å². The van der Waals surface area contributed by atoms with Gasteiger partial charge in [0.25, 0.3) is 0 Å². The minimum atomic E-state index is 0. The van der Waals surface area contributed by atoms with Gasteiger partial charge in [-0.15, -0.1) is 12.4 Å². The summed E-state index contributed by atoms with van der Waals surface area (Å²) in [6, 6.07) is 16.0. The van der Waals surface area contributed by atoms with E-state index in [9.17, 15) is 0 Å². The van der Waals surface area contributed by atoms with E-state index < -0.39 is 0 Å². The maximum absolute atomic E-state index is 6.15. The summed E-state index contributed by atoms with van der Waals surface area (Å²) in [7, 11) is 1.66. The first-order valence-electron chi connectivity index (χ1n) is 8.98. The van der Waals surface area contributed by atoms with E-state index in [1.54, 1.807) is 7.11 Å². The second-order valence-electron chi connectivity index (χ2n) is 6.50. The fraction of sp³-hybridized carbons (Fsp3) is 0.286. The van der Waals surface area contributed by atoms with Crippen LogP contribution in [0.15, 0.2) is 54.7 Å². The second-order valence-corrected chi connectivity index (χ2v) is 6.50. The highest BCUT2D eigenvalue weighted by Crippen LogP contribution is 2.26. The lowest BCUT2D eigenvalue weighted by Gasteiger charge is -2.24. The van der Waals surface area contributed by atoms with Crippen molar-refractivity contribution < 1.29 is 9.47 Å². The monoisotopic (exact) mass is 385 g/mol. The van der Waals surface area contributed by atoms with Crippen LogP contribution < -0.4 is 20.1 Å². The molecule has 1 saturated heterocycles. The average molecular weight is 386 g/mol. The Bertz CT molecular complexity index is 897. The van der Waals surface area contributed by atoms with Crippen molar-refractivity contribution in [1.82, 2.24) is 10.3 Å². The van der Waals surface area contributed by atoms with E-state index in [1.807, 2.05) is 42.6 Å². The van der Waals surface area contributed by atoms with Gasteiger partial charge in [-0.3, -0.25) is 0 Å². The van der Waals surface area contributed by atoms with Crippen molar-refractivity contribution in [3.05, 3.63) is 54.7 Å². The molecule has 0 unspecified atom stereocenters. The highest BCUT2D eigenvalue weighted by atomic mass is 35.5. The molecular weight excluding hydrogens is 362 g/mol. The van der Waals surface area contributed by atoms with Crippen LogP contribution in [0.2, 0.25) is 0 Å². The van der Waals surface area contributed by atoms with Crippen molar-refractivity contribution in [3.63, 3.8) is 0 Å². The minimum absolute atomic E-state index is 0. The molecule has 1 aliphatic rings. The molecule has 1 aromatic heterocycles. The number of methoxy groups -OCH3 is 1. The maximum atomic E-state index is 6.15. The lowest BCUT2D eigenvalue weighted by molar-refractivity contribution is 0.162. The average Bonchev–Trinajstić information content (AvgIpc) is 2.69. The number of hydrogen-bond donors (Lipinski definition) is 2. The van der Waals surface area contributed by atoms with E-state index in [0.29, 0.717) is 6.10 Å². The third kappa shape index (κ3) is 4.81. The third-order valence-electron chi connectivity index (χ3n) is 4.62. The number of rotatable bonds is 5. The van der Waals surface area contributed by atoms with Crippen molar-refractivity contribution in [2.75, 3.05) is 25.5 Å². The molecule has 0 saturated carbocycles. The molecule has 0 atom stereocenters. The fourth-order valence-electron chi connectivity index (χ4n) is 3.22. The van der Waals surface area contributed by atoms with E-state index in [1.165, 1.54) is 0 Å². The van der Waals surface area contributed by atoms with Gasteiger partial charge in [0.1, 0.15) is 23.4 Å². The van der Waals surface area contributed by atoms with Crippen LogP contribution in [-0.4, -0.2) is 31.3 Å². The zero-order chi connectivity index (χ0) is 17.8. The summed E-state index contributed by atoms with van der Waals surface area (Å²) in [6.07, 6.45) is 4.28. The molecular formula is C21H24ClN3O2. The Kier molecular flexibility index (Phi) is 6.37. The van der Waals surface area contributed by atoms with Crippen LogP contribution in [0.5, 0.6) is 11.5 Å². The summed E-state index contributed by atoms with van der Waals surface area (Å²) >= 11 is 0. The summed E-state index contributed by atoms with van der Waals surface area (Å²) in [5, 5.41) is 8.90. The van der Waals surface area contributed by atoms with Crippen LogP contribution in [0.1, 0.15) is 12.8 Å². The van der Waals surface area contributed by atoms with Gasteiger partial charge in [-0.05, 0) is 67.7 Å². The Morgan fingerprint density at radius 3 is 2.67 bits per heavy atom. The molecule has 5 nitrogen and oxygen atoms in total. The summed E-state index contributed by atoms with van der Waals surface area (Å²) < 4.78 is 11.4. The fourth-order valence-corrected chi connectivity index (χ4v) is 3.22. The molecule has 27 heavy (non-hydrogen) atoms. The highest BCUT2D eigenvalue weighted by Gasteiger charge is 2.14. The maximum Gasteiger partial charge on any atom is 0.130 e. The van der Waals surface area contributed by atoms with Crippen molar-refractivity contribution in [2.24, 2.45) is 0 Å². The number of aromatic nitrogens is 1. The smallest absolute Gasteiger partial charge is 0.130 e. The van der Waals surface area contributed by atoms with Crippen molar-refractivity contribution in [2.45, 2.75) is 18.9 Å². The van der Waals surface area contributed by atoms with Crippen LogP contribution in [0.4, 0.5) is 11.5 Å². The van der Waals surface area contributed by atoms with Crippen molar-refractivity contribution >= 4 is 34.7 Å². The summed E-state index contributed by atoms with van der Waals surface area (Å²) in [6.45, 7) is 2.05. The molecule has 0 spiro atoms. The number of nitrogens with one attached hydrogen (secondary N) is 2. The number of benzene rings is 2. The summed E-state index contributed by atoms with van der Waals surface area (Å²) in [5.41, 5.74) is 0.943. The van der Waals surface area contributed by atoms with E-state index >= 15 is 0 Å². The largest absolute Gasteiger partial charge is 0.497 e. The predicted octanol–water partition coefficient (Wildman–Crippen LogP) is 4.54. The molecule has 0 aliphatic carbocycles. The number of piperidine rings is 1. The molecule has 0 amide bonds. The second kappa shape index (κ2) is 8.93. The van der Waals surface area contributed by atoms with Gasteiger partial charge in [0.15, 0.2) is 0 Å². The summed E-state index contributed by atoms with van der Waals surface area (Å²) in [4.78, 5) is 4.50. The highest BCUT2D eigenvalue weighted by molar-refractivity contribution is 5.86. The number of hydrogen-bond acceptors (Lipinski definition) is 5. The number of fused-ring (bicyclic) bond motifs is 1. The molecule has 2 N–H and O–H groups in total. The standard InChI is InChI=1S/C21H23N3O2.ClH/c1-25-19-4-2-3-17(13-19)24-21-12-16-11-20(6-5-15(16)14-23-21)26-18-7-9-22-10-8-18;/h2-6,11-14,18,22H,7-10H2,1H3,(H,23,24);1H. The number of halogens is 1. The number of anilines is 2. The van der Waals surface area contributed by atoms with Gasteiger partial charge in [-0.2, -0.15) is 0 Å². The molecule has 1 aliphatic heterocycles. The Labute approximate surface area is 165 Å². The van der Waals surface area contributed by atoms with Crippen molar-refractivity contribution in [3.8, 4) is 11.5 Å². The minimum Gasteiger partial charge on any atom is -0.497 e. The number of pyridine rings is 1. The SMILES string of the molecule is COc1cccc(Nc2cc3cc(OC4CCNCC4)ccc3cn2)c1.Cl. The lowest BCUT2D eigenvalue weighted by Crippen LogP contribution is -2.34. The lowest BCUT2D eigenvalue weighted by atomic mass is 10.1. The van der Waals surface area contributed by atoms with Gasteiger partial charge < -0.3 is 20.1 Å². The van der Waals surface area contributed by atoms with Crippen LogP contribution in [-0.2, 0) is 0 Å². The molecule has 0 radical (unpaired) electrons. The first-order valence-corrected chi connectivity index (χ1v) is 8.98. The molecule has 142 valence electrons. The Hall–Kier alpha value is -2.50. The normalized spacial score (nSPS) is 14.4. The zero-order valence-corrected chi connectivity index (χ0v) is 16.1. The van der Waals surface area contributed by atoms with E-state index in [-0.39, 0.29) is 12.4 Å². The number of nitrogens with zero attached hydrogens (tertiary/aromatic N) is 1. The molecule has 6 heteroatoms. The van der Waals surface area contributed by atoms with E-state index in [0.717, 1.165) is 59.7 Å². The van der Waals surface area contributed by atoms with Crippen LogP contribution >= 0.6 is 12.4 Å². The zero-order valence-electron chi connectivity index (χ0n) is 15.3. The molecule has 0 bridgehead atoms. The van der Waals surface area contributed by atoms with Crippen LogP contribution in [0.3, 0.4) is 0 Å². The first-order chi connectivity index (χ1) is 12.8.